The molecular weight excluding hydrogens is 246 g/mol. The monoisotopic (exact) mass is 259 g/mol. The number of aromatic nitrogens is 2. The topological polar surface area (TPSA) is 84.3 Å². The van der Waals surface area contributed by atoms with Crippen LogP contribution < -0.4 is 10.1 Å². The third kappa shape index (κ3) is 3.19. The van der Waals surface area contributed by atoms with Crippen LogP contribution in [0, 0.1) is 0 Å². The van der Waals surface area contributed by atoms with Crippen LogP contribution in [0.15, 0.2) is 36.7 Å². The number of carboxylic acid groups (broad SMARTS) is 1. The van der Waals surface area contributed by atoms with E-state index in [2.05, 4.69) is 15.3 Å². The highest BCUT2D eigenvalue weighted by atomic mass is 16.5. The van der Waals surface area contributed by atoms with Gasteiger partial charge in [-0.3, -0.25) is 0 Å². The summed E-state index contributed by atoms with van der Waals surface area (Å²) in [7, 11) is 0. The Kier molecular flexibility index (Phi) is 3.92. The molecule has 0 atom stereocenters. The molecular formula is C13H13N3O3. The van der Waals surface area contributed by atoms with E-state index >= 15 is 0 Å². The Morgan fingerprint density at radius 2 is 2.21 bits per heavy atom. The minimum absolute atomic E-state index is 0.108. The van der Waals surface area contributed by atoms with Crippen molar-refractivity contribution in [3.05, 3.63) is 42.2 Å². The molecule has 6 nitrogen and oxygen atoms in total. The molecule has 0 aliphatic rings. The van der Waals surface area contributed by atoms with E-state index in [9.17, 15) is 4.79 Å². The van der Waals surface area contributed by atoms with Gasteiger partial charge in [-0.1, -0.05) is 0 Å². The largest absolute Gasteiger partial charge is 0.478 e. The molecule has 2 rings (SSSR count). The highest BCUT2D eigenvalue weighted by Gasteiger charge is 2.10. The summed E-state index contributed by atoms with van der Waals surface area (Å²) >= 11 is 0. The van der Waals surface area contributed by atoms with Gasteiger partial charge in [-0.2, -0.15) is 0 Å². The number of hydrogen-bond acceptors (Lipinski definition) is 5. The molecule has 0 spiro atoms. The van der Waals surface area contributed by atoms with Crippen LogP contribution >= 0.6 is 0 Å². The first-order valence-corrected chi connectivity index (χ1v) is 5.75. The van der Waals surface area contributed by atoms with Gasteiger partial charge in [0.1, 0.15) is 11.4 Å². The van der Waals surface area contributed by atoms with E-state index in [-0.39, 0.29) is 11.4 Å². The quantitative estimate of drug-likeness (QED) is 0.857. The first-order chi connectivity index (χ1) is 9.20. The Hall–Kier alpha value is -2.63. The van der Waals surface area contributed by atoms with Crippen molar-refractivity contribution in [1.29, 1.82) is 0 Å². The fourth-order valence-electron chi connectivity index (χ4n) is 1.50. The van der Waals surface area contributed by atoms with E-state index in [4.69, 9.17) is 9.84 Å². The SMILES string of the molecule is CCOc1ccc(Nc2ncccc2C(=O)O)cn1. The van der Waals surface area contributed by atoms with E-state index < -0.39 is 5.97 Å². The number of anilines is 2. The Balaban J connectivity index is 2.19. The fraction of sp³-hybridized carbons (Fsp3) is 0.154. The molecule has 98 valence electrons. The van der Waals surface area contributed by atoms with Gasteiger partial charge in [0.25, 0.3) is 0 Å². The molecule has 19 heavy (non-hydrogen) atoms. The summed E-state index contributed by atoms with van der Waals surface area (Å²) in [6.45, 7) is 2.42. The number of pyridine rings is 2. The number of carboxylic acids is 1. The lowest BCUT2D eigenvalue weighted by Crippen LogP contribution is -2.04. The molecule has 0 saturated heterocycles. The predicted octanol–water partition coefficient (Wildman–Crippen LogP) is 2.32. The number of carbonyl (C=O) groups is 1. The standard InChI is InChI=1S/C13H13N3O3/c1-2-19-11-6-5-9(8-15-11)16-12-10(13(17)18)4-3-7-14-12/h3-8H,2H2,1H3,(H,14,16)(H,17,18). The number of rotatable bonds is 5. The maximum atomic E-state index is 11.0. The molecule has 0 aliphatic carbocycles. The third-order valence-electron chi connectivity index (χ3n) is 2.33. The summed E-state index contributed by atoms with van der Waals surface area (Å²) in [6, 6.07) is 6.51. The number of aromatic carboxylic acids is 1. The number of nitrogens with zero attached hydrogens (tertiary/aromatic N) is 2. The zero-order chi connectivity index (χ0) is 13.7. The van der Waals surface area contributed by atoms with Gasteiger partial charge in [-0.15, -0.1) is 0 Å². The maximum Gasteiger partial charge on any atom is 0.339 e. The molecule has 0 aromatic carbocycles. The third-order valence-corrected chi connectivity index (χ3v) is 2.33. The van der Waals surface area contributed by atoms with Crippen LogP contribution in [0.1, 0.15) is 17.3 Å². The van der Waals surface area contributed by atoms with Crippen molar-refractivity contribution in [2.75, 3.05) is 11.9 Å². The average molecular weight is 259 g/mol. The van der Waals surface area contributed by atoms with Crippen LogP contribution in [0.25, 0.3) is 0 Å². The molecule has 0 bridgehead atoms. The van der Waals surface area contributed by atoms with E-state index in [0.717, 1.165) is 0 Å². The molecule has 2 heterocycles. The van der Waals surface area contributed by atoms with Gasteiger partial charge in [0.15, 0.2) is 0 Å². The van der Waals surface area contributed by atoms with E-state index in [1.165, 1.54) is 12.3 Å². The second-order valence-electron chi connectivity index (χ2n) is 3.65. The fourth-order valence-corrected chi connectivity index (χ4v) is 1.50. The summed E-state index contributed by atoms with van der Waals surface area (Å²) in [4.78, 5) is 19.1. The first kappa shape index (κ1) is 12.8. The van der Waals surface area contributed by atoms with Gasteiger partial charge >= 0.3 is 5.97 Å². The van der Waals surface area contributed by atoms with Gasteiger partial charge in [0.2, 0.25) is 5.88 Å². The summed E-state index contributed by atoms with van der Waals surface area (Å²) in [5.74, 6) is -0.233. The normalized spacial score (nSPS) is 9.95. The Morgan fingerprint density at radius 3 is 2.84 bits per heavy atom. The summed E-state index contributed by atoms with van der Waals surface area (Å²) in [5.41, 5.74) is 0.751. The van der Waals surface area contributed by atoms with Crippen LogP contribution in [-0.2, 0) is 0 Å². The lowest BCUT2D eigenvalue weighted by atomic mass is 10.2. The molecule has 0 saturated carbocycles. The molecule has 6 heteroatoms. The second kappa shape index (κ2) is 5.81. The zero-order valence-corrected chi connectivity index (χ0v) is 10.3. The zero-order valence-electron chi connectivity index (χ0n) is 10.3. The van der Waals surface area contributed by atoms with Crippen LogP contribution in [0.2, 0.25) is 0 Å². The van der Waals surface area contributed by atoms with Crippen LogP contribution in [0.4, 0.5) is 11.5 Å². The predicted molar refractivity (Wildman–Crippen MR) is 69.9 cm³/mol. The molecule has 0 radical (unpaired) electrons. The van der Waals surface area contributed by atoms with Gasteiger partial charge < -0.3 is 15.2 Å². The van der Waals surface area contributed by atoms with E-state index in [0.29, 0.717) is 18.2 Å². The molecule has 0 fully saturated rings. The van der Waals surface area contributed by atoms with Gasteiger partial charge in [-0.05, 0) is 25.1 Å². The van der Waals surface area contributed by atoms with Gasteiger partial charge in [-0.25, -0.2) is 14.8 Å². The number of hydrogen-bond donors (Lipinski definition) is 2. The first-order valence-electron chi connectivity index (χ1n) is 5.75. The highest BCUT2D eigenvalue weighted by molar-refractivity contribution is 5.93. The average Bonchev–Trinajstić information content (AvgIpc) is 2.42. The second-order valence-corrected chi connectivity index (χ2v) is 3.65. The molecule has 2 aromatic heterocycles. The minimum atomic E-state index is -1.03. The summed E-state index contributed by atoms with van der Waals surface area (Å²) in [6.07, 6.45) is 3.09. The van der Waals surface area contributed by atoms with Crippen LogP contribution in [0.5, 0.6) is 5.88 Å². The van der Waals surface area contributed by atoms with E-state index in [1.54, 1.807) is 24.4 Å². The molecule has 0 amide bonds. The van der Waals surface area contributed by atoms with E-state index in [1.807, 2.05) is 6.92 Å². The Bertz CT molecular complexity index is 570. The van der Waals surface area contributed by atoms with Crippen molar-refractivity contribution in [2.24, 2.45) is 0 Å². The number of ether oxygens (including phenoxy) is 1. The molecule has 0 aliphatic heterocycles. The maximum absolute atomic E-state index is 11.0. The van der Waals surface area contributed by atoms with Crippen molar-refractivity contribution >= 4 is 17.5 Å². The van der Waals surface area contributed by atoms with Crippen molar-refractivity contribution in [3.8, 4) is 5.88 Å². The highest BCUT2D eigenvalue weighted by Crippen LogP contribution is 2.19. The van der Waals surface area contributed by atoms with Crippen LogP contribution in [0.3, 0.4) is 0 Å². The van der Waals surface area contributed by atoms with Crippen molar-refractivity contribution in [3.63, 3.8) is 0 Å². The minimum Gasteiger partial charge on any atom is -0.478 e. The number of nitrogens with one attached hydrogen (secondary N) is 1. The lowest BCUT2D eigenvalue weighted by Gasteiger charge is -2.08. The van der Waals surface area contributed by atoms with Gasteiger partial charge in [0.05, 0.1) is 18.5 Å². The Morgan fingerprint density at radius 1 is 1.37 bits per heavy atom. The summed E-state index contributed by atoms with van der Waals surface area (Å²) in [5, 5.41) is 12.0. The van der Waals surface area contributed by atoms with Gasteiger partial charge in [0, 0.05) is 12.3 Å². The van der Waals surface area contributed by atoms with Crippen molar-refractivity contribution in [1.82, 2.24) is 9.97 Å². The molecule has 0 unspecified atom stereocenters. The smallest absolute Gasteiger partial charge is 0.339 e. The molecule has 2 aromatic rings. The van der Waals surface area contributed by atoms with Crippen molar-refractivity contribution in [2.45, 2.75) is 6.92 Å². The van der Waals surface area contributed by atoms with Crippen LogP contribution in [-0.4, -0.2) is 27.7 Å². The summed E-state index contributed by atoms with van der Waals surface area (Å²) < 4.78 is 5.22. The van der Waals surface area contributed by atoms with Crippen molar-refractivity contribution < 1.29 is 14.6 Å². The Labute approximate surface area is 110 Å². The molecule has 2 N–H and O–H groups in total. The lowest BCUT2D eigenvalue weighted by molar-refractivity contribution is 0.0697.